The van der Waals surface area contributed by atoms with Crippen molar-refractivity contribution in [1.82, 2.24) is 5.32 Å². The van der Waals surface area contributed by atoms with Gasteiger partial charge in [-0.25, -0.2) is 13.2 Å². The van der Waals surface area contributed by atoms with Crippen LogP contribution in [-0.4, -0.2) is 50.4 Å². The number of carbonyl (C=O) groups excluding carboxylic acids is 3. The van der Waals surface area contributed by atoms with Crippen LogP contribution in [0, 0.1) is 5.41 Å². The third-order valence-corrected chi connectivity index (χ3v) is 6.14. The first-order chi connectivity index (χ1) is 12.6. The molecule has 2 N–H and O–H groups in total. The summed E-state index contributed by atoms with van der Waals surface area (Å²) in [4.78, 5) is 37.2. The van der Waals surface area contributed by atoms with Gasteiger partial charge in [0.05, 0.1) is 29.4 Å². The van der Waals surface area contributed by atoms with Crippen LogP contribution in [0.4, 0.5) is 5.69 Å². The molecule has 1 aliphatic heterocycles. The van der Waals surface area contributed by atoms with E-state index < -0.39 is 39.1 Å². The number of carbonyl (C=O) groups is 3. The number of nitrogens with one attached hydrogen (secondary N) is 2. The molecule has 1 aromatic rings. The molecule has 1 fully saturated rings. The number of benzene rings is 1. The lowest BCUT2D eigenvalue weighted by atomic mass is 9.90. The van der Waals surface area contributed by atoms with Gasteiger partial charge in [-0.2, -0.15) is 0 Å². The summed E-state index contributed by atoms with van der Waals surface area (Å²) in [5, 5.41) is 5.22. The van der Waals surface area contributed by atoms with Gasteiger partial charge in [-0.05, 0) is 39.3 Å². The summed E-state index contributed by atoms with van der Waals surface area (Å²) in [5.74, 6) is -1.86. The molecule has 0 spiro atoms. The smallest absolute Gasteiger partial charge is 0.340 e. The standard InChI is InChI=1S/C18H24N2O6S/c1-4-26-15(21)13-7-5-6-8-14(13)20-17(23)18(2,3)16(22)19-12-9-10-27(24,25)11-12/h5-8,12H,4,9-11H2,1-3H3,(H,19,22)(H,20,23). The molecule has 8 nitrogen and oxygen atoms in total. The van der Waals surface area contributed by atoms with Crippen LogP contribution in [0.5, 0.6) is 0 Å². The number of hydrogen-bond donors (Lipinski definition) is 2. The zero-order valence-electron chi connectivity index (χ0n) is 15.6. The molecule has 0 bridgehead atoms. The number of sulfone groups is 1. The van der Waals surface area contributed by atoms with Gasteiger partial charge in [0.1, 0.15) is 5.41 Å². The Kier molecular flexibility index (Phi) is 6.25. The minimum absolute atomic E-state index is 0.0253. The van der Waals surface area contributed by atoms with Crippen LogP contribution in [0.2, 0.25) is 0 Å². The Bertz CT molecular complexity index is 847. The van der Waals surface area contributed by atoms with E-state index in [1.165, 1.54) is 19.9 Å². The molecule has 1 saturated heterocycles. The zero-order chi connectivity index (χ0) is 20.2. The lowest BCUT2D eigenvalue weighted by Crippen LogP contribution is -2.49. The molecule has 0 saturated carbocycles. The van der Waals surface area contributed by atoms with Crippen molar-refractivity contribution < 1.29 is 27.5 Å². The van der Waals surface area contributed by atoms with E-state index in [9.17, 15) is 22.8 Å². The van der Waals surface area contributed by atoms with Crippen molar-refractivity contribution in [2.45, 2.75) is 33.2 Å². The van der Waals surface area contributed by atoms with Crippen LogP contribution < -0.4 is 10.6 Å². The van der Waals surface area contributed by atoms with Crippen molar-refractivity contribution >= 4 is 33.3 Å². The first-order valence-corrected chi connectivity index (χ1v) is 10.5. The lowest BCUT2D eigenvalue weighted by Gasteiger charge is -2.25. The normalized spacial score (nSPS) is 18.6. The number of amides is 2. The fourth-order valence-electron chi connectivity index (χ4n) is 2.64. The Morgan fingerprint density at radius 2 is 1.85 bits per heavy atom. The highest BCUT2D eigenvalue weighted by atomic mass is 32.2. The summed E-state index contributed by atoms with van der Waals surface area (Å²) >= 11 is 0. The lowest BCUT2D eigenvalue weighted by molar-refractivity contribution is -0.138. The van der Waals surface area contributed by atoms with Gasteiger partial charge in [-0.3, -0.25) is 9.59 Å². The van der Waals surface area contributed by atoms with Gasteiger partial charge in [0.25, 0.3) is 0 Å². The third kappa shape index (κ3) is 5.06. The molecule has 0 radical (unpaired) electrons. The molecule has 0 aromatic heterocycles. The Hall–Kier alpha value is -2.42. The van der Waals surface area contributed by atoms with E-state index in [2.05, 4.69) is 10.6 Å². The highest BCUT2D eigenvalue weighted by Crippen LogP contribution is 2.23. The molecule has 9 heteroatoms. The number of hydrogen-bond acceptors (Lipinski definition) is 6. The third-order valence-electron chi connectivity index (χ3n) is 4.37. The summed E-state index contributed by atoms with van der Waals surface area (Å²) in [5.41, 5.74) is -1.04. The van der Waals surface area contributed by atoms with Crippen LogP contribution in [-0.2, 0) is 24.2 Å². The van der Waals surface area contributed by atoms with E-state index in [4.69, 9.17) is 4.74 Å². The second-order valence-electron chi connectivity index (χ2n) is 6.92. The summed E-state index contributed by atoms with van der Waals surface area (Å²) < 4.78 is 28.0. The quantitative estimate of drug-likeness (QED) is 0.550. The first-order valence-electron chi connectivity index (χ1n) is 8.66. The van der Waals surface area contributed by atoms with Gasteiger partial charge in [0, 0.05) is 6.04 Å². The summed E-state index contributed by atoms with van der Waals surface area (Å²) in [6, 6.07) is 5.85. The van der Waals surface area contributed by atoms with E-state index in [0.717, 1.165) is 0 Å². The van der Waals surface area contributed by atoms with Gasteiger partial charge >= 0.3 is 5.97 Å². The topological polar surface area (TPSA) is 119 Å². The molecular weight excluding hydrogens is 372 g/mol. The van der Waals surface area contributed by atoms with E-state index >= 15 is 0 Å². The van der Waals surface area contributed by atoms with Gasteiger partial charge in [0.2, 0.25) is 11.8 Å². The molecular formula is C18H24N2O6S. The monoisotopic (exact) mass is 396 g/mol. The molecule has 0 aliphatic carbocycles. The number of anilines is 1. The van der Waals surface area contributed by atoms with E-state index in [1.807, 2.05) is 0 Å². The Morgan fingerprint density at radius 3 is 2.44 bits per heavy atom. The number of ether oxygens (including phenoxy) is 1. The molecule has 2 rings (SSSR count). The Labute approximate surface area is 158 Å². The van der Waals surface area contributed by atoms with E-state index in [0.29, 0.717) is 6.42 Å². The Balaban J connectivity index is 2.10. The predicted molar refractivity (Wildman–Crippen MR) is 100 cm³/mol. The molecule has 1 aromatic carbocycles. The van der Waals surface area contributed by atoms with Crippen LogP contribution in [0.15, 0.2) is 24.3 Å². The number of para-hydroxylation sites is 1. The van der Waals surface area contributed by atoms with E-state index in [-0.39, 0.29) is 29.4 Å². The second kappa shape index (κ2) is 8.08. The zero-order valence-corrected chi connectivity index (χ0v) is 16.4. The molecule has 1 aliphatic rings. The van der Waals surface area contributed by atoms with Crippen molar-refractivity contribution in [2.24, 2.45) is 5.41 Å². The van der Waals surface area contributed by atoms with Gasteiger partial charge in [-0.15, -0.1) is 0 Å². The average Bonchev–Trinajstić information content (AvgIpc) is 2.93. The maximum absolute atomic E-state index is 12.7. The second-order valence-corrected chi connectivity index (χ2v) is 9.15. The van der Waals surface area contributed by atoms with Crippen molar-refractivity contribution in [1.29, 1.82) is 0 Å². The fraction of sp³-hybridized carbons (Fsp3) is 0.500. The van der Waals surface area contributed by atoms with Gasteiger partial charge < -0.3 is 15.4 Å². The maximum Gasteiger partial charge on any atom is 0.340 e. The summed E-state index contributed by atoms with van der Waals surface area (Å²) in [7, 11) is -3.14. The van der Waals surface area contributed by atoms with Crippen molar-refractivity contribution in [3.63, 3.8) is 0 Å². The van der Waals surface area contributed by atoms with Crippen LogP contribution in [0.25, 0.3) is 0 Å². The van der Waals surface area contributed by atoms with Crippen molar-refractivity contribution in [3.05, 3.63) is 29.8 Å². The van der Waals surface area contributed by atoms with Gasteiger partial charge in [-0.1, -0.05) is 12.1 Å². The van der Waals surface area contributed by atoms with Crippen molar-refractivity contribution in [3.8, 4) is 0 Å². The van der Waals surface area contributed by atoms with Crippen LogP contribution >= 0.6 is 0 Å². The molecule has 148 valence electrons. The summed E-state index contributed by atoms with van der Waals surface area (Å²) in [6.45, 7) is 4.75. The molecule has 1 atom stereocenters. The molecule has 1 heterocycles. The van der Waals surface area contributed by atoms with Crippen LogP contribution in [0.1, 0.15) is 37.6 Å². The largest absolute Gasteiger partial charge is 0.462 e. The SMILES string of the molecule is CCOC(=O)c1ccccc1NC(=O)C(C)(C)C(=O)NC1CCS(=O)(=O)C1. The fourth-order valence-corrected chi connectivity index (χ4v) is 4.31. The first kappa shape index (κ1) is 20.9. The highest BCUT2D eigenvalue weighted by Gasteiger charge is 2.39. The minimum atomic E-state index is -3.14. The maximum atomic E-state index is 12.7. The predicted octanol–water partition coefficient (Wildman–Crippen LogP) is 1.13. The van der Waals surface area contributed by atoms with Gasteiger partial charge in [0.15, 0.2) is 9.84 Å². The average molecular weight is 396 g/mol. The molecule has 27 heavy (non-hydrogen) atoms. The number of esters is 1. The number of rotatable bonds is 6. The van der Waals surface area contributed by atoms with E-state index in [1.54, 1.807) is 25.1 Å². The minimum Gasteiger partial charge on any atom is -0.462 e. The molecule has 2 amide bonds. The molecule has 1 unspecified atom stereocenters. The summed E-state index contributed by atoms with van der Waals surface area (Å²) in [6.07, 6.45) is 0.331. The van der Waals surface area contributed by atoms with Crippen LogP contribution in [0.3, 0.4) is 0 Å². The highest BCUT2D eigenvalue weighted by molar-refractivity contribution is 7.91. The Morgan fingerprint density at radius 1 is 1.19 bits per heavy atom. The van der Waals surface area contributed by atoms with Crippen molar-refractivity contribution in [2.75, 3.05) is 23.4 Å².